The van der Waals surface area contributed by atoms with Gasteiger partial charge in [-0.3, -0.25) is 0 Å². The van der Waals surface area contributed by atoms with E-state index in [1.165, 1.54) is 0 Å². The van der Waals surface area contributed by atoms with Crippen LogP contribution in [-0.2, 0) is 0 Å². The van der Waals surface area contributed by atoms with Crippen molar-refractivity contribution in [3.05, 3.63) is 12.2 Å². The SMILES string of the molecule is C#CC(C)(O)CCC(=C)C(C)C. The third kappa shape index (κ3) is 4.20. The average Bonchev–Trinajstić information content (AvgIpc) is 2.00. The molecule has 0 aromatic rings. The topological polar surface area (TPSA) is 20.2 Å². The molecule has 0 rings (SSSR count). The summed E-state index contributed by atoms with van der Waals surface area (Å²) in [7, 11) is 0. The van der Waals surface area contributed by atoms with Crippen molar-refractivity contribution in [2.45, 2.75) is 39.2 Å². The molecule has 1 unspecified atom stereocenters. The van der Waals surface area contributed by atoms with Crippen LogP contribution in [0, 0.1) is 18.3 Å². The third-order valence-electron chi connectivity index (χ3n) is 2.06. The molecule has 1 N–H and O–H groups in total. The lowest BCUT2D eigenvalue weighted by molar-refractivity contribution is 0.112. The largest absolute Gasteiger partial charge is 0.378 e. The normalized spacial score (nSPS) is 15.3. The average molecular weight is 166 g/mol. The van der Waals surface area contributed by atoms with E-state index in [-0.39, 0.29) is 0 Å². The van der Waals surface area contributed by atoms with Gasteiger partial charge in [-0.15, -0.1) is 6.42 Å². The summed E-state index contributed by atoms with van der Waals surface area (Å²) >= 11 is 0. The summed E-state index contributed by atoms with van der Waals surface area (Å²) in [5, 5.41) is 9.48. The highest BCUT2D eigenvalue weighted by Crippen LogP contribution is 2.19. The number of hydrogen-bond acceptors (Lipinski definition) is 1. The van der Waals surface area contributed by atoms with E-state index >= 15 is 0 Å². The Balaban J connectivity index is 3.86. The quantitative estimate of drug-likeness (QED) is 0.502. The molecule has 0 heterocycles. The fraction of sp³-hybridized carbons (Fsp3) is 0.636. The molecule has 68 valence electrons. The van der Waals surface area contributed by atoms with E-state index in [0.717, 1.165) is 12.0 Å². The molecule has 0 aromatic carbocycles. The standard InChI is InChI=1S/C11H18O/c1-6-11(5,12)8-7-10(4)9(2)3/h1,9,12H,4,7-8H2,2-3,5H3. The first kappa shape index (κ1) is 11.3. The van der Waals surface area contributed by atoms with Crippen LogP contribution in [0.3, 0.4) is 0 Å². The summed E-state index contributed by atoms with van der Waals surface area (Å²) in [4.78, 5) is 0. The lowest BCUT2D eigenvalue weighted by atomic mass is 9.93. The minimum Gasteiger partial charge on any atom is -0.378 e. The van der Waals surface area contributed by atoms with Crippen LogP contribution in [0.15, 0.2) is 12.2 Å². The molecule has 0 aliphatic carbocycles. The fourth-order valence-corrected chi connectivity index (χ4v) is 0.765. The van der Waals surface area contributed by atoms with Gasteiger partial charge in [-0.2, -0.15) is 0 Å². The summed E-state index contributed by atoms with van der Waals surface area (Å²) in [6, 6.07) is 0. The first-order valence-corrected chi connectivity index (χ1v) is 4.27. The van der Waals surface area contributed by atoms with Crippen molar-refractivity contribution in [3.63, 3.8) is 0 Å². The van der Waals surface area contributed by atoms with E-state index in [4.69, 9.17) is 6.42 Å². The number of hydrogen-bond donors (Lipinski definition) is 1. The predicted octanol–water partition coefficient (Wildman–Crippen LogP) is 2.36. The van der Waals surface area contributed by atoms with E-state index in [0.29, 0.717) is 12.3 Å². The molecular formula is C11H18O. The maximum atomic E-state index is 9.48. The lowest BCUT2D eigenvalue weighted by Crippen LogP contribution is -2.21. The second-order valence-corrected chi connectivity index (χ2v) is 3.73. The summed E-state index contributed by atoms with van der Waals surface area (Å²) in [6.07, 6.45) is 6.54. The molecule has 0 bridgehead atoms. The molecule has 0 amide bonds. The van der Waals surface area contributed by atoms with Crippen molar-refractivity contribution >= 4 is 0 Å². The summed E-state index contributed by atoms with van der Waals surface area (Å²) in [6.45, 7) is 9.75. The Morgan fingerprint density at radius 2 is 2.17 bits per heavy atom. The van der Waals surface area contributed by atoms with Gasteiger partial charge in [-0.25, -0.2) is 0 Å². The Hall–Kier alpha value is -0.740. The van der Waals surface area contributed by atoms with Gasteiger partial charge < -0.3 is 5.11 Å². The highest BCUT2D eigenvalue weighted by Gasteiger charge is 2.16. The molecule has 0 fully saturated rings. The Morgan fingerprint density at radius 3 is 2.50 bits per heavy atom. The summed E-state index contributed by atoms with van der Waals surface area (Å²) < 4.78 is 0. The molecule has 0 spiro atoms. The number of allylic oxidation sites excluding steroid dienone is 1. The van der Waals surface area contributed by atoms with Crippen LogP contribution < -0.4 is 0 Å². The Labute approximate surface area is 75.5 Å². The van der Waals surface area contributed by atoms with Gasteiger partial charge in [0.1, 0.15) is 5.60 Å². The van der Waals surface area contributed by atoms with Crippen LogP contribution >= 0.6 is 0 Å². The second-order valence-electron chi connectivity index (χ2n) is 3.73. The van der Waals surface area contributed by atoms with Crippen molar-refractivity contribution in [3.8, 4) is 12.3 Å². The molecule has 1 atom stereocenters. The van der Waals surface area contributed by atoms with Gasteiger partial charge in [0.05, 0.1) is 0 Å². The zero-order valence-corrected chi connectivity index (χ0v) is 8.22. The van der Waals surface area contributed by atoms with Crippen molar-refractivity contribution in [1.29, 1.82) is 0 Å². The smallest absolute Gasteiger partial charge is 0.122 e. The number of rotatable bonds is 4. The number of terminal acetylenes is 1. The van der Waals surface area contributed by atoms with Crippen LogP contribution in [0.1, 0.15) is 33.6 Å². The van der Waals surface area contributed by atoms with Crippen molar-refractivity contribution in [2.75, 3.05) is 0 Å². The molecular weight excluding hydrogens is 148 g/mol. The molecule has 0 saturated heterocycles. The second kappa shape index (κ2) is 4.33. The van der Waals surface area contributed by atoms with Crippen LogP contribution in [0.5, 0.6) is 0 Å². The van der Waals surface area contributed by atoms with Gasteiger partial charge in [0, 0.05) is 0 Å². The van der Waals surface area contributed by atoms with Crippen LogP contribution in [0.25, 0.3) is 0 Å². The highest BCUT2D eigenvalue weighted by atomic mass is 16.3. The minimum absolute atomic E-state index is 0.471. The Kier molecular flexibility index (Phi) is 4.06. The molecule has 0 saturated carbocycles. The van der Waals surface area contributed by atoms with Gasteiger partial charge in [0.25, 0.3) is 0 Å². The Morgan fingerprint density at radius 1 is 1.67 bits per heavy atom. The van der Waals surface area contributed by atoms with E-state index in [9.17, 15) is 5.11 Å². The van der Waals surface area contributed by atoms with Crippen molar-refractivity contribution in [2.24, 2.45) is 5.92 Å². The van der Waals surface area contributed by atoms with Crippen LogP contribution in [-0.4, -0.2) is 10.7 Å². The van der Waals surface area contributed by atoms with Crippen molar-refractivity contribution < 1.29 is 5.11 Å². The number of aliphatic hydroxyl groups is 1. The molecule has 0 aliphatic rings. The zero-order chi connectivity index (χ0) is 9.78. The lowest BCUT2D eigenvalue weighted by Gasteiger charge is -2.17. The van der Waals surface area contributed by atoms with E-state index in [1.807, 2.05) is 0 Å². The zero-order valence-electron chi connectivity index (χ0n) is 8.22. The van der Waals surface area contributed by atoms with Gasteiger partial charge in [0.15, 0.2) is 0 Å². The van der Waals surface area contributed by atoms with Crippen LogP contribution in [0.2, 0.25) is 0 Å². The van der Waals surface area contributed by atoms with Crippen molar-refractivity contribution in [1.82, 2.24) is 0 Å². The van der Waals surface area contributed by atoms with E-state index in [1.54, 1.807) is 6.92 Å². The molecule has 0 aliphatic heterocycles. The maximum absolute atomic E-state index is 9.48. The molecule has 0 aromatic heterocycles. The highest BCUT2D eigenvalue weighted by molar-refractivity contribution is 5.07. The predicted molar refractivity (Wildman–Crippen MR) is 52.7 cm³/mol. The Bertz CT molecular complexity index is 194. The third-order valence-corrected chi connectivity index (χ3v) is 2.06. The molecule has 0 radical (unpaired) electrons. The summed E-state index contributed by atoms with van der Waals surface area (Å²) in [5.74, 6) is 2.82. The monoisotopic (exact) mass is 166 g/mol. The van der Waals surface area contributed by atoms with Gasteiger partial charge in [-0.05, 0) is 25.7 Å². The van der Waals surface area contributed by atoms with E-state index in [2.05, 4.69) is 26.3 Å². The first-order chi connectivity index (χ1) is 5.39. The molecule has 1 heteroatoms. The maximum Gasteiger partial charge on any atom is 0.122 e. The van der Waals surface area contributed by atoms with Gasteiger partial charge in [0.2, 0.25) is 0 Å². The van der Waals surface area contributed by atoms with Gasteiger partial charge in [-0.1, -0.05) is 31.9 Å². The fourth-order valence-electron chi connectivity index (χ4n) is 0.765. The minimum atomic E-state index is -0.974. The molecule has 12 heavy (non-hydrogen) atoms. The molecule has 1 nitrogen and oxygen atoms in total. The van der Waals surface area contributed by atoms with Gasteiger partial charge >= 0.3 is 0 Å². The van der Waals surface area contributed by atoms with Crippen LogP contribution in [0.4, 0.5) is 0 Å². The van der Waals surface area contributed by atoms with E-state index < -0.39 is 5.60 Å². The summed E-state index contributed by atoms with van der Waals surface area (Å²) in [5.41, 5.74) is 0.170. The first-order valence-electron chi connectivity index (χ1n) is 4.27.